The van der Waals surface area contributed by atoms with Gasteiger partial charge in [0.1, 0.15) is 0 Å². The van der Waals surface area contributed by atoms with Crippen LogP contribution >= 0.6 is 0 Å². The molecule has 8 heteroatoms. The predicted molar refractivity (Wildman–Crippen MR) is 128 cm³/mol. The standard InChI is InChI=1S/C26H10N8/c1-28-34-26-18-7-13-15-8-21-23(31-4-2-29-21)10-19(15)25(33-12-27)17(13)6-14(18)16-9-22-24(11-20(16)26)32-5-3-30-22/h2-11H/b33-25?,34-26+. The Hall–Kier alpha value is -5.34. The third-order valence-corrected chi connectivity index (χ3v) is 6.29. The van der Waals surface area contributed by atoms with E-state index >= 15 is 0 Å². The van der Waals surface area contributed by atoms with E-state index in [0.717, 1.165) is 65.2 Å². The quantitative estimate of drug-likeness (QED) is 0.202. The first-order chi connectivity index (χ1) is 16.8. The van der Waals surface area contributed by atoms with Crippen LogP contribution in [0.5, 0.6) is 0 Å². The highest BCUT2D eigenvalue weighted by Crippen LogP contribution is 2.34. The van der Waals surface area contributed by atoms with E-state index in [0.29, 0.717) is 10.7 Å². The van der Waals surface area contributed by atoms with Gasteiger partial charge in [-0.1, -0.05) is 0 Å². The fourth-order valence-corrected chi connectivity index (χ4v) is 4.91. The first-order valence-corrected chi connectivity index (χ1v) is 10.4. The summed E-state index contributed by atoms with van der Waals surface area (Å²) in [5, 5.41) is 21.8. The van der Waals surface area contributed by atoms with Crippen LogP contribution in [0.15, 0.2) is 71.3 Å². The average Bonchev–Trinajstić information content (AvgIpc) is 3.32. The lowest BCUT2D eigenvalue weighted by molar-refractivity contribution is 1.30. The van der Waals surface area contributed by atoms with Crippen molar-refractivity contribution in [3.63, 3.8) is 0 Å². The molecular formula is C26H10N8. The van der Waals surface area contributed by atoms with Gasteiger partial charge in [-0.3, -0.25) is 19.9 Å². The number of hydrogen-bond acceptors (Lipinski definition) is 7. The monoisotopic (exact) mass is 434 g/mol. The van der Waals surface area contributed by atoms with Crippen LogP contribution in [0.25, 0.3) is 70.1 Å². The Balaban J connectivity index is 1.76. The summed E-state index contributed by atoms with van der Waals surface area (Å²) in [7, 11) is 0. The molecule has 7 rings (SSSR count). The zero-order valence-corrected chi connectivity index (χ0v) is 17.4. The SMILES string of the molecule is [C-]#[N+]/N=c1/c2cc3nccnc3cc2c2cc3c(=NC#N)c4cc5nccnc5cc4c3cc12. The zero-order valence-electron chi connectivity index (χ0n) is 17.4. The molecule has 0 unspecified atom stereocenters. The second-order valence-corrected chi connectivity index (χ2v) is 7.94. The molecule has 0 fully saturated rings. The molecule has 0 spiro atoms. The summed E-state index contributed by atoms with van der Waals surface area (Å²) >= 11 is 0. The topological polar surface area (TPSA) is 104 Å². The molecule has 0 atom stereocenters. The highest BCUT2D eigenvalue weighted by Gasteiger charge is 2.18. The van der Waals surface area contributed by atoms with E-state index in [1.165, 1.54) is 0 Å². The summed E-state index contributed by atoms with van der Waals surface area (Å²) in [6.07, 6.45) is 8.55. The molecule has 0 saturated carbocycles. The van der Waals surface area contributed by atoms with E-state index in [1.54, 1.807) is 24.8 Å². The third kappa shape index (κ3) is 2.34. The number of rotatable bonds is 0. The Morgan fingerprint density at radius 1 is 0.588 bits per heavy atom. The number of fused-ring (bicyclic) bond motifs is 8. The summed E-state index contributed by atoms with van der Waals surface area (Å²) in [4.78, 5) is 25.2. The number of hydrogen-bond donors (Lipinski definition) is 0. The molecule has 0 radical (unpaired) electrons. The summed E-state index contributed by atoms with van der Waals surface area (Å²) in [5.41, 5.74) is 2.99. The highest BCUT2D eigenvalue weighted by atomic mass is 15.2. The summed E-state index contributed by atoms with van der Waals surface area (Å²) in [5.74, 6) is 0. The summed E-state index contributed by atoms with van der Waals surface area (Å²) < 4.78 is 0. The molecule has 0 N–H and O–H groups in total. The van der Waals surface area contributed by atoms with Crippen molar-refractivity contribution in [2.24, 2.45) is 10.1 Å². The van der Waals surface area contributed by atoms with Crippen molar-refractivity contribution in [2.45, 2.75) is 0 Å². The summed E-state index contributed by atoms with van der Waals surface area (Å²) in [6, 6.07) is 11.8. The molecule has 8 nitrogen and oxygen atoms in total. The summed E-state index contributed by atoms with van der Waals surface area (Å²) in [6.45, 7) is 7.40. The fourth-order valence-electron chi connectivity index (χ4n) is 4.91. The Bertz CT molecular complexity index is 2040. The number of nitriles is 1. The normalized spacial score (nSPS) is 13.0. The molecule has 2 heterocycles. The lowest BCUT2D eigenvalue weighted by Crippen LogP contribution is -1.99. The van der Waals surface area contributed by atoms with Gasteiger partial charge in [0.05, 0.1) is 32.5 Å². The van der Waals surface area contributed by atoms with Gasteiger partial charge in [-0.25, -0.2) is 0 Å². The van der Waals surface area contributed by atoms with Crippen molar-refractivity contribution in [3.05, 3.63) is 83.4 Å². The molecule has 2 aromatic heterocycles. The molecule has 0 bridgehead atoms. The van der Waals surface area contributed by atoms with Crippen molar-refractivity contribution in [2.75, 3.05) is 0 Å². The third-order valence-electron chi connectivity index (χ3n) is 6.29. The van der Waals surface area contributed by atoms with Crippen molar-refractivity contribution < 1.29 is 0 Å². The molecule has 5 aromatic carbocycles. The highest BCUT2D eigenvalue weighted by molar-refractivity contribution is 6.23. The van der Waals surface area contributed by atoms with Crippen LogP contribution in [0, 0.1) is 18.0 Å². The van der Waals surface area contributed by atoms with Crippen LogP contribution in [0.1, 0.15) is 0 Å². The van der Waals surface area contributed by atoms with Gasteiger partial charge in [0.25, 0.3) is 0 Å². The van der Waals surface area contributed by atoms with E-state index in [2.05, 4.69) is 35.0 Å². The van der Waals surface area contributed by atoms with Crippen molar-refractivity contribution in [1.29, 1.82) is 5.26 Å². The molecule has 34 heavy (non-hydrogen) atoms. The van der Waals surface area contributed by atoms with E-state index in [1.807, 2.05) is 42.6 Å². The molecule has 154 valence electrons. The second kappa shape index (κ2) is 6.58. The fraction of sp³-hybridized carbons (Fsp3) is 0. The molecule has 0 aliphatic heterocycles. The minimum Gasteiger partial charge on any atom is -0.253 e. The van der Waals surface area contributed by atoms with E-state index in [-0.39, 0.29) is 0 Å². The smallest absolute Gasteiger partial charge is 0.206 e. The molecule has 0 aliphatic carbocycles. The van der Waals surface area contributed by atoms with E-state index in [9.17, 15) is 5.26 Å². The van der Waals surface area contributed by atoms with Crippen LogP contribution in [-0.4, -0.2) is 19.9 Å². The van der Waals surface area contributed by atoms with Crippen LogP contribution in [0.2, 0.25) is 0 Å². The van der Waals surface area contributed by atoms with Gasteiger partial charge in [0, 0.05) is 46.3 Å². The Kier molecular flexibility index (Phi) is 3.53. The second-order valence-electron chi connectivity index (χ2n) is 7.94. The Morgan fingerprint density at radius 3 is 1.44 bits per heavy atom. The van der Waals surface area contributed by atoms with Gasteiger partial charge in [0.2, 0.25) is 6.19 Å². The minimum atomic E-state index is 0.598. The molecule has 0 saturated heterocycles. The molecule has 0 amide bonds. The predicted octanol–water partition coefficient (Wildman–Crippen LogP) is 4.18. The Labute approximate surface area is 190 Å². The minimum absolute atomic E-state index is 0.598. The lowest BCUT2D eigenvalue weighted by atomic mass is 10.1. The van der Waals surface area contributed by atoms with E-state index in [4.69, 9.17) is 6.57 Å². The first kappa shape index (κ1) is 18.3. The average molecular weight is 434 g/mol. The maximum Gasteiger partial charge on any atom is 0.206 e. The number of benzene rings is 3. The van der Waals surface area contributed by atoms with Crippen molar-refractivity contribution in [1.82, 2.24) is 19.9 Å². The van der Waals surface area contributed by atoms with Gasteiger partial charge in [0.15, 0.2) is 5.36 Å². The maximum absolute atomic E-state index is 9.44. The van der Waals surface area contributed by atoms with Crippen molar-refractivity contribution in [3.8, 4) is 6.19 Å². The first-order valence-electron chi connectivity index (χ1n) is 10.4. The largest absolute Gasteiger partial charge is 0.253 e. The Morgan fingerprint density at radius 2 is 0.971 bits per heavy atom. The van der Waals surface area contributed by atoms with Gasteiger partial charge < -0.3 is 0 Å². The van der Waals surface area contributed by atoms with Crippen LogP contribution in [-0.2, 0) is 0 Å². The van der Waals surface area contributed by atoms with Gasteiger partial charge in [-0.2, -0.15) is 16.8 Å². The lowest BCUT2D eigenvalue weighted by Gasteiger charge is -1.98. The zero-order chi connectivity index (χ0) is 22.8. The number of aromatic nitrogens is 4. The maximum atomic E-state index is 9.44. The molecule has 0 aliphatic rings. The van der Waals surface area contributed by atoms with Gasteiger partial charge in [-0.05, 0) is 57.9 Å². The van der Waals surface area contributed by atoms with Crippen LogP contribution in [0.3, 0.4) is 0 Å². The molecular weight excluding hydrogens is 424 g/mol. The van der Waals surface area contributed by atoms with E-state index < -0.39 is 0 Å². The van der Waals surface area contributed by atoms with Gasteiger partial charge >= 0.3 is 0 Å². The van der Waals surface area contributed by atoms with Crippen LogP contribution in [0.4, 0.5) is 0 Å². The van der Waals surface area contributed by atoms with Gasteiger partial charge in [-0.15, -0.1) is 4.95 Å². The van der Waals surface area contributed by atoms with Crippen molar-refractivity contribution >= 4 is 65.2 Å². The van der Waals surface area contributed by atoms with Crippen LogP contribution < -0.4 is 10.7 Å². The molecule has 7 aromatic rings. The number of nitrogens with zero attached hydrogens (tertiary/aromatic N) is 8.